The zero-order valence-corrected chi connectivity index (χ0v) is 14.6. The third-order valence-electron chi connectivity index (χ3n) is 3.88. The highest BCUT2D eigenvalue weighted by atomic mass is 16.5. The van der Waals surface area contributed by atoms with Gasteiger partial charge in [-0.05, 0) is 59.7 Å². The summed E-state index contributed by atoms with van der Waals surface area (Å²) in [5, 5.41) is 10.8. The Labute approximate surface area is 143 Å². The molecule has 0 radical (unpaired) electrons. The minimum Gasteiger partial charge on any atom is -0.497 e. The van der Waals surface area contributed by atoms with Crippen molar-refractivity contribution in [1.82, 2.24) is 0 Å². The Kier molecular flexibility index (Phi) is 5.59. The van der Waals surface area contributed by atoms with Crippen molar-refractivity contribution in [3.05, 3.63) is 83.5 Å². The molecule has 0 heterocycles. The molecule has 0 atom stereocenters. The third-order valence-corrected chi connectivity index (χ3v) is 3.88. The molecular weight excluding hydrogens is 300 g/mol. The predicted octanol–water partition coefficient (Wildman–Crippen LogP) is 5.19. The summed E-state index contributed by atoms with van der Waals surface area (Å²) >= 11 is 0. The molecule has 2 rings (SSSR count). The molecule has 0 fully saturated rings. The van der Waals surface area contributed by atoms with Crippen LogP contribution in [0.15, 0.2) is 66.4 Å². The summed E-state index contributed by atoms with van der Waals surface area (Å²) < 4.78 is 10.4. The van der Waals surface area contributed by atoms with Gasteiger partial charge >= 0.3 is 0 Å². The second-order valence-electron chi connectivity index (χ2n) is 5.66. The summed E-state index contributed by atoms with van der Waals surface area (Å²) in [6.45, 7) is 7.86. The molecule has 0 aliphatic rings. The molecule has 3 nitrogen and oxygen atoms in total. The summed E-state index contributed by atoms with van der Waals surface area (Å²) in [4.78, 5) is 0. The predicted molar refractivity (Wildman–Crippen MR) is 98.4 cm³/mol. The van der Waals surface area contributed by atoms with Gasteiger partial charge in [0.25, 0.3) is 0 Å². The molecule has 24 heavy (non-hydrogen) atoms. The normalized spacial score (nSPS) is 10.0. The molecule has 0 aromatic heterocycles. The van der Waals surface area contributed by atoms with Crippen LogP contribution >= 0.6 is 0 Å². The highest BCUT2D eigenvalue weighted by Crippen LogP contribution is 2.33. The van der Waals surface area contributed by atoms with Gasteiger partial charge in [0, 0.05) is 26.3 Å². The van der Waals surface area contributed by atoms with Crippen molar-refractivity contribution in [3.8, 4) is 11.5 Å². The van der Waals surface area contributed by atoms with Crippen LogP contribution in [0.25, 0.3) is 5.57 Å². The quantitative estimate of drug-likeness (QED) is 0.451. The van der Waals surface area contributed by atoms with E-state index in [-0.39, 0.29) is 5.76 Å². The molecular formula is C21H23O3+. The van der Waals surface area contributed by atoms with Gasteiger partial charge in [0.05, 0.1) is 19.8 Å². The SMILES string of the molecule is C=C(C(O)=C(c1ccc(OC)cc1)c1ccc(OC)cc1)[C+](C)C. The molecule has 124 valence electrons. The van der Waals surface area contributed by atoms with Crippen molar-refractivity contribution in [3.63, 3.8) is 0 Å². The maximum Gasteiger partial charge on any atom is 0.236 e. The van der Waals surface area contributed by atoms with Gasteiger partial charge in [-0.2, -0.15) is 0 Å². The van der Waals surface area contributed by atoms with E-state index in [1.165, 1.54) is 0 Å². The van der Waals surface area contributed by atoms with Crippen molar-refractivity contribution in [2.75, 3.05) is 14.2 Å². The van der Waals surface area contributed by atoms with Crippen LogP contribution in [0.3, 0.4) is 0 Å². The Morgan fingerprint density at radius 2 is 1.21 bits per heavy atom. The molecule has 0 saturated carbocycles. The zero-order chi connectivity index (χ0) is 17.7. The summed E-state index contributed by atoms with van der Waals surface area (Å²) in [5.41, 5.74) is 3.13. The number of rotatable bonds is 6. The summed E-state index contributed by atoms with van der Waals surface area (Å²) in [6.07, 6.45) is 0. The molecule has 0 aliphatic carbocycles. The number of benzene rings is 2. The number of aliphatic hydroxyl groups excluding tert-OH is 1. The second kappa shape index (κ2) is 7.64. The highest BCUT2D eigenvalue weighted by Gasteiger charge is 2.23. The number of ether oxygens (including phenoxy) is 2. The lowest BCUT2D eigenvalue weighted by atomic mass is 9.91. The van der Waals surface area contributed by atoms with Crippen LogP contribution in [0.1, 0.15) is 25.0 Å². The lowest BCUT2D eigenvalue weighted by Gasteiger charge is -2.11. The molecule has 0 spiro atoms. The van der Waals surface area contributed by atoms with Gasteiger partial charge in [-0.1, -0.05) is 0 Å². The first-order chi connectivity index (χ1) is 11.5. The van der Waals surface area contributed by atoms with Gasteiger partial charge in [-0.25, -0.2) is 0 Å². The van der Waals surface area contributed by atoms with Gasteiger partial charge in [0.15, 0.2) is 5.57 Å². The average molecular weight is 323 g/mol. The average Bonchev–Trinajstić information content (AvgIpc) is 2.62. The van der Waals surface area contributed by atoms with Crippen LogP contribution in [0.4, 0.5) is 0 Å². The number of methoxy groups -OCH3 is 2. The van der Waals surface area contributed by atoms with Crippen molar-refractivity contribution in [1.29, 1.82) is 0 Å². The largest absolute Gasteiger partial charge is 0.497 e. The van der Waals surface area contributed by atoms with Gasteiger partial charge in [-0.3, -0.25) is 0 Å². The van der Waals surface area contributed by atoms with Crippen molar-refractivity contribution in [2.24, 2.45) is 0 Å². The van der Waals surface area contributed by atoms with Crippen LogP contribution in [-0.2, 0) is 0 Å². The molecule has 3 heteroatoms. The van der Waals surface area contributed by atoms with Crippen LogP contribution in [-0.4, -0.2) is 19.3 Å². The number of hydrogen-bond donors (Lipinski definition) is 1. The van der Waals surface area contributed by atoms with Crippen LogP contribution in [0.5, 0.6) is 11.5 Å². The fourth-order valence-electron chi connectivity index (χ4n) is 2.34. The minimum absolute atomic E-state index is 0.172. The molecule has 0 amide bonds. The van der Waals surface area contributed by atoms with Crippen molar-refractivity contribution in [2.45, 2.75) is 13.8 Å². The maximum absolute atomic E-state index is 10.8. The highest BCUT2D eigenvalue weighted by molar-refractivity contribution is 5.84. The lowest BCUT2D eigenvalue weighted by Crippen LogP contribution is -2.01. The summed E-state index contributed by atoms with van der Waals surface area (Å²) in [7, 11) is 3.26. The van der Waals surface area contributed by atoms with E-state index in [4.69, 9.17) is 9.47 Å². The lowest BCUT2D eigenvalue weighted by molar-refractivity contribution is 0.414. The number of aliphatic hydroxyl groups is 1. The first kappa shape index (κ1) is 17.5. The third kappa shape index (κ3) is 3.74. The van der Waals surface area contributed by atoms with E-state index >= 15 is 0 Å². The molecule has 2 aromatic carbocycles. The molecule has 0 unspecified atom stereocenters. The van der Waals surface area contributed by atoms with Gasteiger partial charge in [0.1, 0.15) is 11.5 Å². The molecule has 0 bridgehead atoms. The first-order valence-corrected chi connectivity index (χ1v) is 7.69. The molecule has 0 saturated heterocycles. The number of hydrogen-bond acceptors (Lipinski definition) is 3. The summed E-state index contributed by atoms with van der Waals surface area (Å²) in [5.74, 6) is 2.67. The van der Waals surface area contributed by atoms with Crippen LogP contribution < -0.4 is 9.47 Å². The van der Waals surface area contributed by atoms with E-state index in [1.54, 1.807) is 14.2 Å². The minimum atomic E-state index is 0.172. The van der Waals surface area contributed by atoms with Gasteiger partial charge in [-0.15, -0.1) is 0 Å². The Morgan fingerprint density at radius 3 is 1.50 bits per heavy atom. The first-order valence-electron chi connectivity index (χ1n) is 7.69. The molecule has 1 N–H and O–H groups in total. The van der Waals surface area contributed by atoms with Gasteiger partial charge < -0.3 is 14.6 Å². The molecule has 0 aliphatic heterocycles. The zero-order valence-electron chi connectivity index (χ0n) is 14.6. The standard InChI is InChI=1S/C21H22O3/c1-14(2)15(3)21(22)20(16-6-10-18(23-4)11-7-16)17-8-12-19(24-5)13-9-17/h6-13H,3H2,1-2,4-5H3/p+1. The number of allylic oxidation sites excluding steroid dienone is 1. The molecule has 2 aromatic rings. The smallest absolute Gasteiger partial charge is 0.236 e. The van der Waals surface area contributed by atoms with E-state index in [1.807, 2.05) is 62.4 Å². The second-order valence-corrected chi connectivity index (χ2v) is 5.66. The van der Waals surface area contributed by atoms with Gasteiger partial charge in [0.2, 0.25) is 5.76 Å². The monoisotopic (exact) mass is 323 g/mol. The van der Waals surface area contributed by atoms with E-state index in [2.05, 4.69) is 6.58 Å². The van der Waals surface area contributed by atoms with E-state index in [0.717, 1.165) is 34.1 Å². The van der Waals surface area contributed by atoms with E-state index < -0.39 is 0 Å². The Morgan fingerprint density at radius 1 is 0.833 bits per heavy atom. The van der Waals surface area contributed by atoms with Crippen LogP contribution in [0, 0.1) is 5.92 Å². The van der Waals surface area contributed by atoms with Crippen LogP contribution in [0.2, 0.25) is 0 Å². The fourth-order valence-corrected chi connectivity index (χ4v) is 2.34. The Balaban J connectivity index is 2.59. The van der Waals surface area contributed by atoms with E-state index in [9.17, 15) is 5.11 Å². The van der Waals surface area contributed by atoms with Crippen molar-refractivity contribution >= 4 is 5.57 Å². The fraction of sp³-hybridized carbons (Fsp3) is 0.190. The Hall–Kier alpha value is -2.81. The topological polar surface area (TPSA) is 38.7 Å². The summed E-state index contributed by atoms with van der Waals surface area (Å²) in [6, 6.07) is 15.2. The van der Waals surface area contributed by atoms with Crippen molar-refractivity contribution < 1.29 is 14.6 Å². The maximum atomic E-state index is 10.8. The Bertz CT molecular complexity index is 673. The van der Waals surface area contributed by atoms with E-state index in [0.29, 0.717) is 5.57 Å².